The molecule has 0 aromatic rings. The minimum Gasteiger partial charge on any atom is -0.569 e. The molecule has 7 rings (SSSR count). The van der Waals surface area contributed by atoms with Gasteiger partial charge in [-0.2, -0.15) is 0 Å². The molecule has 2 spiro atoms. The summed E-state index contributed by atoms with van der Waals surface area (Å²) in [6, 6.07) is 0. The molecular formula is C29H41N3O11. The summed E-state index contributed by atoms with van der Waals surface area (Å²) in [5.74, 6) is -6.27. The van der Waals surface area contributed by atoms with Crippen molar-refractivity contribution in [2.24, 2.45) is 39.3 Å². The van der Waals surface area contributed by atoms with Gasteiger partial charge >= 0.3 is 11.9 Å². The zero-order valence-electron chi connectivity index (χ0n) is 24.6. The van der Waals surface area contributed by atoms with Crippen molar-refractivity contribution in [1.29, 1.82) is 0 Å². The van der Waals surface area contributed by atoms with E-state index in [0.717, 1.165) is 12.8 Å². The van der Waals surface area contributed by atoms with Gasteiger partial charge in [0.05, 0.1) is 43.6 Å². The summed E-state index contributed by atoms with van der Waals surface area (Å²) in [6.07, 6.45) is -0.660. The van der Waals surface area contributed by atoms with E-state index >= 15 is 0 Å². The Morgan fingerprint density at radius 3 is 2.58 bits per heavy atom. The summed E-state index contributed by atoms with van der Waals surface area (Å²) in [4.78, 5) is 44.5. The maximum absolute atomic E-state index is 14.1. The van der Waals surface area contributed by atoms with E-state index in [-0.39, 0.29) is 18.6 Å². The summed E-state index contributed by atoms with van der Waals surface area (Å²) < 4.78 is 16.8. The Labute approximate surface area is 249 Å². The van der Waals surface area contributed by atoms with Crippen LogP contribution in [0.4, 0.5) is 0 Å². The number of esters is 2. The van der Waals surface area contributed by atoms with Gasteiger partial charge in [-0.05, 0) is 55.4 Å². The lowest BCUT2D eigenvalue weighted by atomic mass is 9.35. The third-order valence-electron chi connectivity index (χ3n) is 11.4. The van der Waals surface area contributed by atoms with Crippen LogP contribution in [0.25, 0.3) is 0 Å². The Balaban J connectivity index is 1.17. The lowest BCUT2D eigenvalue weighted by molar-refractivity contribution is -0.708. The van der Waals surface area contributed by atoms with Crippen molar-refractivity contribution in [3.63, 3.8) is 0 Å². The largest absolute Gasteiger partial charge is 0.569 e. The van der Waals surface area contributed by atoms with E-state index in [0.29, 0.717) is 43.7 Å². The van der Waals surface area contributed by atoms with Gasteiger partial charge in [0, 0.05) is 17.3 Å². The smallest absolute Gasteiger partial charge is 0.309 e. The molecule has 3 saturated heterocycles. The fraction of sp³-hybridized carbons (Fsp3) is 0.828. The molecule has 14 heteroatoms. The first kappa shape index (κ1) is 30.2. The molecule has 238 valence electrons. The zero-order chi connectivity index (χ0) is 30.9. The van der Waals surface area contributed by atoms with Crippen LogP contribution in [0.15, 0.2) is 17.4 Å². The zero-order valence-corrected chi connectivity index (χ0v) is 24.6. The number of fused-ring (bicyclic) bond motifs is 2. The standard InChI is InChI=1S/C29H41N3O11/c1-16-17-6-7-18-27-14-41-29(38,24(37)22(27)26(2,3)11-10-19(27)33)28(18,23(16)36)25(17)43-21(35)9-8-20(34)40-15-42-30-32(39)31-12-4-5-13-31/h17-19,22,24-25,33,37-38H,1,4-15H2,2-3H3/b32-30-/t17-,18-,19-,22+,24-,25+,27+,28-,29-/m0/s1. The quantitative estimate of drug-likeness (QED) is 0.0679. The molecule has 0 unspecified atom stereocenters. The van der Waals surface area contributed by atoms with E-state index in [1.165, 1.54) is 5.01 Å². The second-order valence-electron chi connectivity index (χ2n) is 13.7. The summed E-state index contributed by atoms with van der Waals surface area (Å²) in [7, 11) is 0. The van der Waals surface area contributed by atoms with Crippen molar-refractivity contribution < 1.29 is 53.7 Å². The number of Topliss-reactive ketones (excluding diaryl/α,β-unsaturated/α-hetero) is 1. The van der Waals surface area contributed by atoms with Gasteiger partial charge in [-0.15, -0.1) is 5.01 Å². The average Bonchev–Trinajstić information content (AvgIpc) is 3.55. The predicted octanol–water partition coefficient (Wildman–Crippen LogP) is 1.11. The highest BCUT2D eigenvalue weighted by Gasteiger charge is 2.87. The van der Waals surface area contributed by atoms with E-state index in [4.69, 9.17) is 19.0 Å². The Morgan fingerprint density at radius 2 is 1.86 bits per heavy atom. The van der Waals surface area contributed by atoms with Crippen LogP contribution < -0.4 is 0 Å². The molecule has 7 fully saturated rings. The maximum Gasteiger partial charge on any atom is 0.309 e. The molecule has 0 aromatic carbocycles. The molecule has 3 heterocycles. The number of rotatable bonds is 8. The lowest BCUT2D eigenvalue weighted by Gasteiger charge is -2.74. The number of hydrogen-bond acceptors (Lipinski definition) is 12. The molecule has 3 aliphatic heterocycles. The first-order chi connectivity index (χ1) is 20.3. The summed E-state index contributed by atoms with van der Waals surface area (Å²) >= 11 is 0. The summed E-state index contributed by atoms with van der Waals surface area (Å²) in [5.41, 5.74) is -3.15. The number of carbonyl (C=O) groups excluding carboxylic acids is 3. The molecule has 0 aromatic heterocycles. The van der Waals surface area contributed by atoms with E-state index < -0.39 is 89.0 Å². The Bertz CT molecular complexity index is 1230. The van der Waals surface area contributed by atoms with Gasteiger partial charge in [0.2, 0.25) is 11.1 Å². The third-order valence-corrected chi connectivity index (χ3v) is 11.4. The highest BCUT2D eigenvalue weighted by atomic mass is 16.8. The Kier molecular flexibility index (Phi) is 7.30. The molecule has 14 nitrogen and oxygen atoms in total. The Hall–Kier alpha value is -2.81. The fourth-order valence-corrected chi connectivity index (χ4v) is 9.60. The van der Waals surface area contributed by atoms with Crippen LogP contribution in [-0.2, 0) is 33.4 Å². The first-order valence-corrected chi connectivity index (χ1v) is 15.2. The molecule has 43 heavy (non-hydrogen) atoms. The van der Waals surface area contributed by atoms with Gasteiger partial charge in [0.15, 0.2) is 5.78 Å². The molecule has 4 saturated carbocycles. The maximum atomic E-state index is 14.1. The minimum atomic E-state index is -2.36. The molecule has 4 bridgehead atoms. The average molecular weight is 608 g/mol. The summed E-state index contributed by atoms with van der Waals surface area (Å²) in [6.45, 7) is 8.44. The number of hydrazine groups is 1. The van der Waals surface area contributed by atoms with Crippen LogP contribution in [0.2, 0.25) is 0 Å². The molecular weight excluding hydrogens is 566 g/mol. The van der Waals surface area contributed by atoms with Gasteiger partial charge < -0.3 is 39.6 Å². The number of nitrogens with zero attached hydrogens (tertiary/aromatic N) is 3. The van der Waals surface area contributed by atoms with Crippen LogP contribution in [0.3, 0.4) is 0 Å². The van der Waals surface area contributed by atoms with Gasteiger partial charge in [-0.1, -0.05) is 20.4 Å². The number of aliphatic hydroxyl groups excluding tert-OH is 2. The van der Waals surface area contributed by atoms with Crippen molar-refractivity contribution in [3.8, 4) is 0 Å². The molecule has 7 aliphatic rings. The molecule has 0 radical (unpaired) electrons. The van der Waals surface area contributed by atoms with Crippen molar-refractivity contribution in [1.82, 2.24) is 5.01 Å². The van der Waals surface area contributed by atoms with Gasteiger partial charge in [0.25, 0.3) is 6.79 Å². The minimum absolute atomic E-state index is 0.0321. The van der Waals surface area contributed by atoms with Gasteiger partial charge in [0.1, 0.15) is 17.6 Å². The molecule has 9 atom stereocenters. The van der Waals surface area contributed by atoms with E-state index in [9.17, 15) is 34.9 Å². The van der Waals surface area contributed by atoms with Crippen molar-refractivity contribution >= 4 is 17.7 Å². The number of ketones is 1. The third kappa shape index (κ3) is 4.09. The van der Waals surface area contributed by atoms with Crippen LogP contribution in [0.1, 0.15) is 65.2 Å². The second kappa shape index (κ2) is 10.4. The highest BCUT2D eigenvalue weighted by molar-refractivity contribution is 6.05. The summed E-state index contributed by atoms with van der Waals surface area (Å²) in [5, 5.41) is 52.0. The monoisotopic (exact) mass is 607 g/mol. The molecule has 4 aliphatic carbocycles. The van der Waals surface area contributed by atoms with Crippen LogP contribution in [-0.4, -0.2) is 93.6 Å². The normalized spacial score (nSPS) is 42.8. The highest BCUT2D eigenvalue weighted by Crippen LogP contribution is 2.76. The number of aliphatic hydroxyl groups is 3. The van der Waals surface area contributed by atoms with Crippen molar-refractivity contribution in [2.45, 2.75) is 89.3 Å². The van der Waals surface area contributed by atoms with E-state index in [1.54, 1.807) is 0 Å². The second-order valence-corrected chi connectivity index (χ2v) is 13.7. The predicted molar refractivity (Wildman–Crippen MR) is 143 cm³/mol. The lowest BCUT2D eigenvalue weighted by Crippen LogP contribution is -2.85. The van der Waals surface area contributed by atoms with Crippen LogP contribution >= 0.6 is 0 Å². The van der Waals surface area contributed by atoms with Crippen LogP contribution in [0.5, 0.6) is 0 Å². The number of ether oxygens (including phenoxy) is 3. The number of carbonyl (C=O) groups is 3. The Morgan fingerprint density at radius 1 is 1.16 bits per heavy atom. The van der Waals surface area contributed by atoms with E-state index in [1.807, 2.05) is 13.8 Å². The SMILES string of the molecule is C=C1C(=O)[C@]23[C@H](OC(=O)CCC(=O)OCO/N=[N+](\[O-])N4CCCC4)[C@H]1CC[C@H]2[C@@]12CO[C@@]3(O)[C@@H](O)[C@@H]1C(C)(C)CC[C@@H]2O. The van der Waals surface area contributed by atoms with Gasteiger partial charge in [-0.3, -0.25) is 14.4 Å². The fourth-order valence-electron chi connectivity index (χ4n) is 9.60. The first-order valence-electron chi connectivity index (χ1n) is 15.2. The van der Waals surface area contributed by atoms with Gasteiger partial charge in [-0.25, -0.2) is 0 Å². The van der Waals surface area contributed by atoms with Crippen LogP contribution in [0, 0.1) is 39.2 Å². The molecule has 3 N–H and O–H groups in total. The number of hydrogen-bond donors (Lipinski definition) is 3. The van der Waals surface area contributed by atoms with E-state index in [2.05, 4.69) is 11.9 Å². The topological polar surface area (TPSA) is 190 Å². The molecule has 0 amide bonds. The van der Waals surface area contributed by atoms with Crippen molar-refractivity contribution in [2.75, 3.05) is 26.5 Å². The van der Waals surface area contributed by atoms with Crippen molar-refractivity contribution in [3.05, 3.63) is 17.4 Å².